The number of carboxylic acid groups (broad SMARTS) is 1. The Bertz CT molecular complexity index is 506. The minimum atomic E-state index is -0.840. The lowest BCUT2D eigenvalue weighted by atomic mass is 10.0. The van der Waals surface area contributed by atoms with E-state index in [0.717, 1.165) is 25.7 Å². The van der Waals surface area contributed by atoms with Crippen LogP contribution in [-0.4, -0.2) is 62.9 Å². The molecule has 3 atom stereocenters. The molecule has 0 aromatic carbocycles. The molecule has 2 heterocycles. The molecule has 0 aromatic heterocycles. The van der Waals surface area contributed by atoms with Crippen LogP contribution in [0.4, 0.5) is 0 Å². The first-order chi connectivity index (χ1) is 11.0. The van der Waals surface area contributed by atoms with Crippen molar-refractivity contribution >= 4 is 29.5 Å². The van der Waals surface area contributed by atoms with E-state index < -0.39 is 17.9 Å². The summed E-state index contributed by atoms with van der Waals surface area (Å²) in [7, 11) is 0. The summed E-state index contributed by atoms with van der Waals surface area (Å²) in [4.78, 5) is 40.2. The van der Waals surface area contributed by atoms with Crippen molar-refractivity contribution in [2.45, 2.75) is 51.1 Å². The largest absolute Gasteiger partial charge is 0.481 e. The molecule has 3 rings (SSSR count). The summed E-state index contributed by atoms with van der Waals surface area (Å²) in [5, 5.41) is 9.23. The lowest BCUT2D eigenvalue weighted by Gasteiger charge is -2.31. The zero-order valence-corrected chi connectivity index (χ0v) is 14.3. The Kier molecular flexibility index (Phi) is 4.85. The van der Waals surface area contributed by atoms with Gasteiger partial charge in [-0.25, -0.2) is 0 Å². The van der Waals surface area contributed by atoms with Gasteiger partial charge in [-0.1, -0.05) is 12.8 Å². The fourth-order valence-electron chi connectivity index (χ4n) is 4.04. The van der Waals surface area contributed by atoms with Crippen LogP contribution in [0, 0.1) is 11.8 Å². The van der Waals surface area contributed by atoms with Gasteiger partial charge in [0.2, 0.25) is 11.8 Å². The number of carbonyl (C=O) groups is 3. The monoisotopic (exact) mass is 340 g/mol. The molecule has 6 nitrogen and oxygen atoms in total. The van der Waals surface area contributed by atoms with Gasteiger partial charge < -0.3 is 14.9 Å². The van der Waals surface area contributed by atoms with Gasteiger partial charge in [-0.15, -0.1) is 11.8 Å². The predicted octanol–water partition coefficient (Wildman–Crippen LogP) is 1.40. The van der Waals surface area contributed by atoms with Crippen molar-refractivity contribution < 1.29 is 19.5 Å². The van der Waals surface area contributed by atoms with Crippen LogP contribution in [-0.2, 0) is 14.4 Å². The van der Waals surface area contributed by atoms with E-state index in [1.165, 1.54) is 0 Å². The first-order valence-electron chi connectivity index (χ1n) is 8.42. The lowest BCUT2D eigenvalue weighted by Crippen LogP contribution is -2.51. The van der Waals surface area contributed by atoms with Crippen LogP contribution in [0.2, 0.25) is 0 Å². The molecule has 0 bridgehead atoms. The van der Waals surface area contributed by atoms with E-state index in [1.807, 2.05) is 0 Å². The van der Waals surface area contributed by atoms with E-state index >= 15 is 0 Å². The highest BCUT2D eigenvalue weighted by atomic mass is 32.2. The van der Waals surface area contributed by atoms with Crippen LogP contribution in [0.25, 0.3) is 0 Å². The maximum Gasteiger partial charge on any atom is 0.308 e. The quantitative estimate of drug-likeness (QED) is 0.840. The van der Waals surface area contributed by atoms with Gasteiger partial charge in [-0.2, -0.15) is 0 Å². The fraction of sp³-hybridized carbons (Fsp3) is 0.812. The Morgan fingerprint density at radius 2 is 1.74 bits per heavy atom. The maximum atomic E-state index is 12.9. The average Bonchev–Trinajstić information content (AvgIpc) is 3.26. The van der Waals surface area contributed by atoms with Gasteiger partial charge in [0.25, 0.3) is 0 Å². The molecule has 2 amide bonds. The van der Waals surface area contributed by atoms with Crippen molar-refractivity contribution in [3.05, 3.63) is 0 Å². The molecule has 1 saturated carbocycles. The summed E-state index contributed by atoms with van der Waals surface area (Å²) in [5.41, 5.74) is 0. The number of likely N-dealkylation sites (tertiary alicyclic amines) is 1. The zero-order valence-electron chi connectivity index (χ0n) is 13.4. The number of hydrogen-bond acceptors (Lipinski definition) is 4. The van der Waals surface area contributed by atoms with Gasteiger partial charge in [0.1, 0.15) is 6.04 Å². The molecule has 1 N–H and O–H groups in total. The number of nitrogens with zero attached hydrogens (tertiary/aromatic N) is 2. The van der Waals surface area contributed by atoms with Crippen LogP contribution in [0.15, 0.2) is 0 Å². The number of amides is 2. The highest BCUT2D eigenvalue weighted by Gasteiger charge is 2.44. The van der Waals surface area contributed by atoms with Crippen LogP contribution in [0.3, 0.4) is 0 Å². The second-order valence-corrected chi connectivity index (χ2v) is 7.81. The lowest BCUT2D eigenvalue weighted by molar-refractivity contribution is -0.147. The standard InChI is InChI=1S/C16H24N2O4S/c1-10-12(16(21)22)6-7-17(10)15(20)13-8-23-9-18(13)14(19)11-4-2-3-5-11/h10-13H,2-9H2,1H3,(H,21,22). The molecule has 128 valence electrons. The minimum Gasteiger partial charge on any atom is -0.481 e. The first-order valence-corrected chi connectivity index (χ1v) is 9.57. The van der Waals surface area contributed by atoms with E-state index in [-0.39, 0.29) is 23.8 Å². The number of rotatable bonds is 3. The summed E-state index contributed by atoms with van der Waals surface area (Å²) < 4.78 is 0. The smallest absolute Gasteiger partial charge is 0.308 e. The first kappa shape index (κ1) is 16.6. The third-order valence-corrected chi connectivity index (χ3v) is 6.52. The molecular formula is C16H24N2O4S. The summed E-state index contributed by atoms with van der Waals surface area (Å²) in [6, 6.07) is -0.711. The summed E-state index contributed by atoms with van der Waals surface area (Å²) >= 11 is 1.61. The molecule has 1 aliphatic carbocycles. The Morgan fingerprint density at radius 1 is 1.04 bits per heavy atom. The Balaban J connectivity index is 1.68. The summed E-state index contributed by atoms with van der Waals surface area (Å²) in [6.45, 7) is 2.28. The van der Waals surface area contributed by atoms with Gasteiger partial charge in [-0.05, 0) is 26.2 Å². The molecule has 3 unspecified atom stereocenters. The van der Waals surface area contributed by atoms with E-state index in [4.69, 9.17) is 0 Å². The molecule has 3 aliphatic rings. The van der Waals surface area contributed by atoms with E-state index in [1.54, 1.807) is 28.5 Å². The Morgan fingerprint density at radius 3 is 2.35 bits per heavy atom. The van der Waals surface area contributed by atoms with Crippen LogP contribution in [0.5, 0.6) is 0 Å². The van der Waals surface area contributed by atoms with Crippen molar-refractivity contribution in [3.8, 4) is 0 Å². The fourth-order valence-corrected chi connectivity index (χ4v) is 5.20. The average molecular weight is 340 g/mol. The maximum absolute atomic E-state index is 12.9. The number of carboxylic acids is 1. The highest BCUT2D eigenvalue weighted by molar-refractivity contribution is 7.99. The Labute approximate surface area is 140 Å². The number of aliphatic carboxylic acids is 1. The van der Waals surface area contributed by atoms with E-state index in [0.29, 0.717) is 24.6 Å². The van der Waals surface area contributed by atoms with E-state index in [9.17, 15) is 19.5 Å². The Hall–Kier alpha value is -1.24. The molecule has 2 aliphatic heterocycles. The second-order valence-electron chi connectivity index (χ2n) is 6.81. The summed E-state index contributed by atoms with van der Waals surface area (Å²) in [5.74, 6) is -0.00879. The molecule has 0 spiro atoms. The highest BCUT2D eigenvalue weighted by Crippen LogP contribution is 2.33. The topological polar surface area (TPSA) is 77.9 Å². The van der Waals surface area contributed by atoms with Crippen molar-refractivity contribution in [1.29, 1.82) is 0 Å². The van der Waals surface area contributed by atoms with Gasteiger partial charge >= 0.3 is 5.97 Å². The van der Waals surface area contributed by atoms with Gasteiger partial charge in [0.05, 0.1) is 11.8 Å². The molecule has 7 heteroatoms. The third-order valence-electron chi connectivity index (χ3n) is 5.51. The third kappa shape index (κ3) is 3.07. The molecular weight excluding hydrogens is 316 g/mol. The SMILES string of the molecule is CC1C(C(=O)O)CCN1C(=O)C1CSCN1C(=O)C1CCCC1. The van der Waals surface area contributed by atoms with Crippen LogP contribution >= 0.6 is 11.8 Å². The zero-order chi connectivity index (χ0) is 16.6. The van der Waals surface area contributed by atoms with E-state index in [2.05, 4.69) is 0 Å². The van der Waals surface area contributed by atoms with Crippen molar-refractivity contribution in [3.63, 3.8) is 0 Å². The second kappa shape index (κ2) is 6.71. The van der Waals surface area contributed by atoms with Gasteiger partial charge in [0.15, 0.2) is 0 Å². The molecule has 2 saturated heterocycles. The van der Waals surface area contributed by atoms with Crippen molar-refractivity contribution in [2.24, 2.45) is 11.8 Å². The summed E-state index contributed by atoms with van der Waals surface area (Å²) in [6.07, 6.45) is 4.56. The molecule has 23 heavy (non-hydrogen) atoms. The molecule has 0 aromatic rings. The minimum absolute atomic E-state index is 0.0717. The normalized spacial score (nSPS) is 31.8. The van der Waals surface area contributed by atoms with Crippen LogP contribution in [0.1, 0.15) is 39.0 Å². The molecule has 3 fully saturated rings. The predicted molar refractivity (Wildman–Crippen MR) is 86.8 cm³/mol. The van der Waals surface area contributed by atoms with Crippen molar-refractivity contribution in [1.82, 2.24) is 9.80 Å². The molecule has 0 radical (unpaired) electrons. The number of thioether (sulfide) groups is 1. The van der Waals surface area contributed by atoms with Crippen LogP contribution < -0.4 is 0 Å². The van der Waals surface area contributed by atoms with Crippen molar-refractivity contribution in [2.75, 3.05) is 18.2 Å². The number of hydrogen-bond donors (Lipinski definition) is 1. The van der Waals surface area contributed by atoms with Gasteiger partial charge in [-0.3, -0.25) is 14.4 Å². The van der Waals surface area contributed by atoms with Gasteiger partial charge in [0, 0.05) is 24.3 Å². The number of carbonyl (C=O) groups excluding carboxylic acids is 2.